The molecule has 5 heteroatoms. The van der Waals surface area contributed by atoms with Crippen molar-refractivity contribution in [2.75, 3.05) is 0 Å². The van der Waals surface area contributed by atoms with Crippen LogP contribution in [-0.4, -0.2) is 23.0 Å². The Labute approximate surface area is 99.8 Å². The smallest absolute Gasteiger partial charge is 0.339 e. The fourth-order valence-corrected chi connectivity index (χ4v) is 1.38. The first-order chi connectivity index (χ1) is 7.99. The van der Waals surface area contributed by atoms with Crippen LogP contribution >= 0.6 is 0 Å². The molecule has 0 saturated heterocycles. The van der Waals surface area contributed by atoms with E-state index in [-0.39, 0.29) is 23.3 Å². The van der Waals surface area contributed by atoms with Gasteiger partial charge in [-0.15, -0.1) is 0 Å². The molecule has 1 rings (SSSR count). The highest BCUT2D eigenvalue weighted by molar-refractivity contribution is 5.96. The first kappa shape index (κ1) is 13.3. The van der Waals surface area contributed by atoms with E-state index in [2.05, 4.69) is 5.32 Å². The van der Waals surface area contributed by atoms with Gasteiger partial charge < -0.3 is 14.8 Å². The molecular formula is C12H17NO4. The molecule has 1 aromatic rings. The van der Waals surface area contributed by atoms with E-state index >= 15 is 0 Å². The maximum absolute atomic E-state index is 11.7. The number of hydrogen-bond donors (Lipinski definition) is 2. The van der Waals surface area contributed by atoms with E-state index in [0.717, 1.165) is 6.42 Å². The second kappa shape index (κ2) is 5.52. The van der Waals surface area contributed by atoms with Crippen molar-refractivity contribution in [3.05, 3.63) is 23.2 Å². The molecule has 1 unspecified atom stereocenters. The average Bonchev–Trinajstić information content (AvgIpc) is 2.72. The molecule has 0 spiro atoms. The Morgan fingerprint density at radius 2 is 2.12 bits per heavy atom. The average molecular weight is 239 g/mol. The highest BCUT2D eigenvalue weighted by Gasteiger charge is 2.20. The minimum Gasteiger partial charge on any atom is -0.478 e. The number of amides is 1. The molecule has 0 aliphatic rings. The summed E-state index contributed by atoms with van der Waals surface area (Å²) in [5.74, 6) is -1.07. The van der Waals surface area contributed by atoms with E-state index < -0.39 is 5.97 Å². The lowest BCUT2D eigenvalue weighted by atomic mass is 10.2. The Kier molecular flexibility index (Phi) is 4.31. The lowest BCUT2D eigenvalue weighted by Crippen LogP contribution is -2.31. The molecule has 0 aliphatic carbocycles. The zero-order valence-corrected chi connectivity index (χ0v) is 10.2. The zero-order chi connectivity index (χ0) is 13.0. The van der Waals surface area contributed by atoms with Gasteiger partial charge in [0, 0.05) is 18.5 Å². The third kappa shape index (κ3) is 3.09. The molecule has 0 aliphatic heterocycles. The van der Waals surface area contributed by atoms with E-state index in [1.807, 2.05) is 13.8 Å². The minimum atomic E-state index is -1.08. The van der Waals surface area contributed by atoms with Crippen molar-refractivity contribution in [1.82, 2.24) is 5.32 Å². The van der Waals surface area contributed by atoms with E-state index in [0.29, 0.717) is 12.2 Å². The van der Waals surface area contributed by atoms with Gasteiger partial charge in [0.25, 0.3) is 5.91 Å². The summed E-state index contributed by atoms with van der Waals surface area (Å²) < 4.78 is 5.24. The lowest BCUT2D eigenvalue weighted by molar-refractivity contribution is 0.0694. The molecule has 94 valence electrons. The summed E-state index contributed by atoms with van der Waals surface area (Å²) in [5.41, 5.74) is 0.0572. The quantitative estimate of drug-likeness (QED) is 0.824. The molecule has 0 saturated carbocycles. The fourth-order valence-electron chi connectivity index (χ4n) is 1.38. The van der Waals surface area contributed by atoms with Gasteiger partial charge in [0.05, 0.1) is 0 Å². The van der Waals surface area contributed by atoms with Crippen LogP contribution in [0.2, 0.25) is 0 Å². The van der Waals surface area contributed by atoms with Gasteiger partial charge in [-0.05, 0) is 13.3 Å². The van der Waals surface area contributed by atoms with Crippen molar-refractivity contribution in [3.63, 3.8) is 0 Å². The Hall–Kier alpha value is -1.78. The number of rotatable bonds is 5. The highest BCUT2D eigenvalue weighted by atomic mass is 16.4. The fraction of sp³-hybridized carbons (Fsp3) is 0.500. The van der Waals surface area contributed by atoms with Crippen LogP contribution in [0, 0.1) is 0 Å². The molecule has 0 bridgehead atoms. The summed E-state index contributed by atoms with van der Waals surface area (Å²) in [4.78, 5) is 22.6. The van der Waals surface area contributed by atoms with Crippen molar-refractivity contribution in [2.24, 2.45) is 0 Å². The molecule has 2 N–H and O–H groups in total. The molecule has 5 nitrogen and oxygen atoms in total. The first-order valence-electron chi connectivity index (χ1n) is 5.66. The van der Waals surface area contributed by atoms with Crippen molar-refractivity contribution in [3.8, 4) is 0 Å². The van der Waals surface area contributed by atoms with Crippen molar-refractivity contribution in [1.29, 1.82) is 0 Å². The van der Waals surface area contributed by atoms with Crippen LogP contribution in [0.15, 0.2) is 10.5 Å². The molecule has 0 fully saturated rings. The summed E-state index contributed by atoms with van der Waals surface area (Å²) in [5, 5.41) is 11.7. The van der Waals surface area contributed by atoms with Crippen LogP contribution in [0.1, 0.15) is 53.9 Å². The standard InChI is InChI=1S/C12H17NO4/c1-4-7(3)13-11(14)10-6-8(12(15)16)9(5-2)17-10/h6-7H,4-5H2,1-3H3,(H,13,14)(H,15,16). The predicted octanol–water partition coefficient (Wildman–Crippen LogP) is 2.07. The van der Waals surface area contributed by atoms with Crippen molar-refractivity contribution < 1.29 is 19.1 Å². The number of carbonyl (C=O) groups excluding carboxylic acids is 1. The van der Waals surface area contributed by atoms with Crippen LogP contribution in [0.25, 0.3) is 0 Å². The maximum Gasteiger partial charge on any atom is 0.339 e. The number of hydrogen-bond acceptors (Lipinski definition) is 3. The summed E-state index contributed by atoms with van der Waals surface area (Å²) in [6.45, 7) is 5.61. The first-order valence-corrected chi connectivity index (χ1v) is 5.66. The van der Waals surface area contributed by atoms with Gasteiger partial charge in [-0.1, -0.05) is 13.8 Å². The Morgan fingerprint density at radius 1 is 1.47 bits per heavy atom. The molecular weight excluding hydrogens is 222 g/mol. The van der Waals surface area contributed by atoms with Gasteiger partial charge >= 0.3 is 5.97 Å². The second-order valence-electron chi connectivity index (χ2n) is 3.89. The van der Waals surface area contributed by atoms with Gasteiger partial charge in [0.15, 0.2) is 5.76 Å². The summed E-state index contributed by atoms with van der Waals surface area (Å²) >= 11 is 0. The van der Waals surface area contributed by atoms with Crippen LogP contribution in [-0.2, 0) is 6.42 Å². The van der Waals surface area contributed by atoms with Gasteiger partial charge in [-0.2, -0.15) is 0 Å². The van der Waals surface area contributed by atoms with Crippen LogP contribution in [0.4, 0.5) is 0 Å². The third-order valence-electron chi connectivity index (χ3n) is 2.57. The van der Waals surface area contributed by atoms with Gasteiger partial charge in [-0.3, -0.25) is 4.79 Å². The molecule has 17 heavy (non-hydrogen) atoms. The number of nitrogens with one attached hydrogen (secondary N) is 1. The Balaban J connectivity index is 2.92. The van der Waals surface area contributed by atoms with E-state index in [1.165, 1.54) is 6.07 Å². The Bertz CT molecular complexity index is 422. The molecule has 1 atom stereocenters. The third-order valence-corrected chi connectivity index (χ3v) is 2.57. The SMILES string of the molecule is CCc1oc(C(=O)NC(C)CC)cc1C(=O)O. The largest absolute Gasteiger partial charge is 0.478 e. The van der Waals surface area contributed by atoms with E-state index in [9.17, 15) is 9.59 Å². The molecule has 0 aromatic carbocycles. The van der Waals surface area contributed by atoms with E-state index in [1.54, 1.807) is 6.92 Å². The maximum atomic E-state index is 11.7. The highest BCUT2D eigenvalue weighted by Crippen LogP contribution is 2.16. The van der Waals surface area contributed by atoms with E-state index in [4.69, 9.17) is 9.52 Å². The van der Waals surface area contributed by atoms with Crippen LogP contribution in [0.5, 0.6) is 0 Å². The summed E-state index contributed by atoms with van der Waals surface area (Å²) in [6.07, 6.45) is 1.25. The van der Waals surface area contributed by atoms with Gasteiger partial charge in [-0.25, -0.2) is 4.79 Å². The number of carbonyl (C=O) groups is 2. The lowest BCUT2D eigenvalue weighted by Gasteiger charge is -2.09. The molecule has 1 aromatic heterocycles. The molecule has 0 radical (unpaired) electrons. The van der Waals surface area contributed by atoms with Crippen LogP contribution in [0.3, 0.4) is 0 Å². The van der Waals surface area contributed by atoms with Crippen molar-refractivity contribution >= 4 is 11.9 Å². The number of aryl methyl sites for hydroxylation is 1. The number of carboxylic acids is 1. The number of aromatic carboxylic acids is 1. The molecule has 1 amide bonds. The normalized spacial score (nSPS) is 12.2. The predicted molar refractivity (Wildman–Crippen MR) is 62.3 cm³/mol. The monoisotopic (exact) mass is 239 g/mol. The Morgan fingerprint density at radius 3 is 2.53 bits per heavy atom. The minimum absolute atomic E-state index is 0.0333. The summed E-state index contributed by atoms with van der Waals surface area (Å²) in [7, 11) is 0. The number of carboxylic acid groups (broad SMARTS) is 1. The molecule has 1 heterocycles. The van der Waals surface area contributed by atoms with Crippen molar-refractivity contribution in [2.45, 2.75) is 39.7 Å². The zero-order valence-electron chi connectivity index (χ0n) is 10.2. The number of furan rings is 1. The van der Waals surface area contributed by atoms with Crippen LogP contribution < -0.4 is 5.32 Å². The second-order valence-corrected chi connectivity index (χ2v) is 3.89. The van der Waals surface area contributed by atoms with Gasteiger partial charge in [0.1, 0.15) is 11.3 Å². The van der Waals surface area contributed by atoms with Gasteiger partial charge in [0.2, 0.25) is 0 Å². The topological polar surface area (TPSA) is 79.5 Å². The summed E-state index contributed by atoms with van der Waals surface area (Å²) in [6, 6.07) is 1.31.